The van der Waals surface area contributed by atoms with Gasteiger partial charge in [-0.1, -0.05) is 0 Å². The second-order valence-corrected chi connectivity index (χ2v) is 6.87. The third kappa shape index (κ3) is 3.06. The summed E-state index contributed by atoms with van der Waals surface area (Å²) >= 11 is 3.36. The molecule has 0 saturated heterocycles. The molecule has 2 rings (SSSR count). The average molecular weight is 343 g/mol. The van der Waals surface area contributed by atoms with Gasteiger partial charge >= 0.3 is 12.0 Å². The van der Waals surface area contributed by atoms with E-state index in [2.05, 4.69) is 15.9 Å². The maximum atomic E-state index is 12.4. The molecule has 6 heteroatoms. The van der Waals surface area contributed by atoms with Gasteiger partial charge in [-0.15, -0.1) is 0 Å². The van der Waals surface area contributed by atoms with Crippen molar-refractivity contribution in [3.05, 3.63) is 22.4 Å². The average Bonchev–Trinajstić information content (AvgIpc) is 2.68. The number of carbonyl (C=O) groups excluding carboxylic acids is 2. The third-order valence-electron chi connectivity index (χ3n) is 3.14. The van der Waals surface area contributed by atoms with Crippen LogP contribution in [0.3, 0.4) is 0 Å². The molecule has 1 atom stereocenters. The Labute approximate surface area is 127 Å². The highest BCUT2D eigenvalue weighted by Crippen LogP contribution is 2.22. The van der Waals surface area contributed by atoms with Gasteiger partial charge in [0.05, 0.1) is 0 Å². The van der Waals surface area contributed by atoms with Crippen LogP contribution in [-0.4, -0.2) is 39.7 Å². The number of rotatable bonds is 2. The Bertz CT molecular complexity index is 545. The van der Waals surface area contributed by atoms with Crippen LogP contribution in [0.5, 0.6) is 0 Å². The van der Waals surface area contributed by atoms with E-state index in [0.717, 1.165) is 16.6 Å². The number of carbonyl (C=O) groups is 2. The van der Waals surface area contributed by atoms with Crippen LogP contribution in [0, 0.1) is 0 Å². The maximum absolute atomic E-state index is 12.4. The molecule has 1 aliphatic heterocycles. The molecule has 1 aliphatic rings. The number of fused-ring (bicyclic) bond motifs is 1. The molecule has 0 saturated carbocycles. The van der Waals surface area contributed by atoms with E-state index >= 15 is 0 Å². The highest BCUT2D eigenvalue weighted by molar-refractivity contribution is 9.10. The summed E-state index contributed by atoms with van der Waals surface area (Å²) in [6, 6.07) is 1.15. The van der Waals surface area contributed by atoms with Gasteiger partial charge in [-0.2, -0.15) is 0 Å². The van der Waals surface area contributed by atoms with Gasteiger partial charge in [0, 0.05) is 29.3 Å². The fourth-order valence-corrected chi connectivity index (χ4v) is 2.65. The van der Waals surface area contributed by atoms with Gasteiger partial charge in [0.15, 0.2) is 0 Å². The van der Waals surface area contributed by atoms with E-state index in [1.54, 1.807) is 22.6 Å². The minimum absolute atomic E-state index is 0.185. The van der Waals surface area contributed by atoms with Gasteiger partial charge in [0.25, 0.3) is 0 Å². The monoisotopic (exact) mass is 342 g/mol. The molecular weight excluding hydrogens is 324 g/mol. The summed E-state index contributed by atoms with van der Waals surface area (Å²) in [6.07, 6.45) is 2.45. The Balaban J connectivity index is 2.15. The molecule has 0 unspecified atom stereocenters. The Morgan fingerprint density at radius 3 is 2.70 bits per heavy atom. The molecule has 0 aliphatic carbocycles. The van der Waals surface area contributed by atoms with Crippen molar-refractivity contribution in [2.45, 2.75) is 45.8 Å². The highest BCUT2D eigenvalue weighted by atomic mass is 79.9. The second kappa shape index (κ2) is 5.24. The third-order valence-corrected chi connectivity index (χ3v) is 3.58. The first-order chi connectivity index (χ1) is 9.19. The Hall–Kier alpha value is -1.30. The lowest BCUT2D eigenvalue weighted by molar-refractivity contribution is -0.159. The predicted molar refractivity (Wildman–Crippen MR) is 78.6 cm³/mol. The van der Waals surface area contributed by atoms with E-state index in [4.69, 9.17) is 4.74 Å². The molecule has 0 fully saturated rings. The molecule has 0 spiro atoms. The SMILES string of the molecule is C[C@H](C(=O)OC(C)(C)C)N1CCc2cc(Br)cn2C1=O. The number of aromatic nitrogens is 1. The smallest absolute Gasteiger partial charge is 0.329 e. The minimum atomic E-state index is -0.587. The summed E-state index contributed by atoms with van der Waals surface area (Å²) in [4.78, 5) is 26.0. The zero-order valence-electron chi connectivity index (χ0n) is 12.1. The molecule has 1 aromatic heterocycles. The van der Waals surface area contributed by atoms with Crippen LogP contribution in [0.15, 0.2) is 16.7 Å². The number of ether oxygens (including phenoxy) is 1. The number of amides is 1. The molecule has 0 radical (unpaired) electrons. The topological polar surface area (TPSA) is 51.5 Å². The molecule has 0 bridgehead atoms. The molecule has 0 N–H and O–H groups in total. The van der Waals surface area contributed by atoms with Gasteiger partial charge in [0.2, 0.25) is 0 Å². The second-order valence-electron chi connectivity index (χ2n) is 5.96. The van der Waals surface area contributed by atoms with Gasteiger partial charge in [0.1, 0.15) is 11.6 Å². The van der Waals surface area contributed by atoms with Crippen LogP contribution in [0.25, 0.3) is 0 Å². The van der Waals surface area contributed by atoms with Crippen LogP contribution >= 0.6 is 15.9 Å². The van der Waals surface area contributed by atoms with Gasteiger partial charge < -0.3 is 9.64 Å². The number of esters is 1. The van der Waals surface area contributed by atoms with E-state index in [0.29, 0.717) is 6.54 Å². The van der Waals surface area contributed by atoms with Crippen LogP contribution in [-0.2, 0) is 16.0 Å². The molecule has 110 valence electrons. The van der Waals surface area contributed by atoms with Gasteiger partial charge in [-0.3, -0.25) is 4.57 Å². The molecule has 2 heterocycles. The highest BCUT2D eigenvalue weighted by Gasteiger charge is 2.33. The zero-order valence-corrected chi connectivity index (χ0v) is 13.7. The van der Waals surface area contributed by atoms with Crippen molar-refractivity contribution in [1.82, 2.24) is 9.47 Å². The molecule has 5 nitrogen and oxygen atoms in total. The first-order valence-corrected chi connectivity index (χ1v) is 7.39. The van der Waals surface area contributed by atoms with Crippen LogP contribution < -0.4 is 0 Å². The molecule has 1 aromatic rings. The van der Waals surface area contributed by atoms with Crippen molar-refractivity contribution < 1.29 is 14.3 Å². The van der Waals surface area contributed by atoms with E-state index in [1.165, 1.54) is 0 Å². The number of nitrogens with zero attached hydrogens (tertiary/aromatic N) is 2. The van der Waals surface area contributed by atoms with E-state index in [-0.39, 0.29) is 12.0 Å². The van der Waals surface area contributed by atoms with Crippen LogP contribution in [0.1, 0.15) is 33.4 Å². The van der Waals surface area contributed by atoms with Crippen molar-refractivity contribution in [3.8, 4) is 0 Å². The summed E-state index contributed by atoms with van der Waals surface area (Å²) in [5, 5.41) is 0. The van der Waals surface area contributed by atoms with Crippen LogP contribution in [0.4, 0.5) is 4.79 Å². The first kappa shape index (κ1) is 15.1. The maximum Gasteiger partial charge on any atom is 0.329 e. The zero-order chi connectivity index (χ0) is 15.1. The summed E-state index contributed by atoms with van der Waals surface area (Å²) in [5.74, 6) is -0.375. The standard InChI is InChI=1S/C14H19BrN2O3/c1-9(12(18)20-14(2,3)4)16-6-5-11-7-10(15)8-17(11)13(16)19/h7-9H,5-6H2,1-4H3/t9-/m1/s1. The lowest BCUT2D eigenvalue weighted by Crippen LogP contribution is -2.50. The van der Waals surface area contributed by atoms with Gasteiger partial charge in [-0.05, 0) is 49.7 Å². The van der Waals surface area contributed by atoms with E-state index in [9.17, 15) is 9.59 Å². The number of hydrogen-bond acceptors (Lipinski definition) is 3. The van der Waals surface area contributed by atoms with Crippen LogP contribution in [0.2, 0.25) is 0 Å². The Morgan fingerprint density at radius 1 is 1.45 bits per heavy atom. The number of halogens is 1. The first-order valence-electron chi connectivity index (χ1n) is 6.59. The lowest BCUT2D eigenvalue weighted by Gasteiger charge is -2.33. The predicted octanol–water partition coefficient (Wildman–Crippen LogP) is 2.81. The lowest BCUT2D eigenvalue weighted by atomic mass is 10.1. The Morgan fingerprint density at radius 2 is 2.10 bits per heavy atom. The van der Waals surface area contributed by atoms with Crippen molar-refractivity contribution in [3.63, 3.8) is 0 Å². The fraction of sp³-hybridized carbons (Fsp3) is 0.571. The number of hydrogen-bond donors (Lipinski definition) is 0. The minimum Gasteiger partial charge on any atom is -0.458 e. The van der Waals surface area contributed by atoms with Crippen molar-refractivity contribution in [2.75, 3.05) is 6.54 Å². The Kier molecular flexibility index (Phi) is 3.95. The molecular formula is C14H19BrN2O3. The van der Waals surface area contributed by atoms with Gasteiger partial charge in [-0.25, -0.2) is 9.59 Å². The summed E-state index contributed by atoms with van der Waals surface area (Å²) in [6.45, 7) is 7.68. The quantitative estimate of drug-likeness (QED) is 0.776. The van der Waals surface area contributed by atoms with Crippen molar-refractivity contribution in [1.29, 1.82) is 0 Å². The normalized spacial score (nSPS) is 16.9. The molecule has 1 amide bonds. The van der Waals surface area contributed by atoms with E-state index < -0.39 is 11.6 Å². The summed E-state index contributed by atoms with van der Waals surface area (Å²) in [5.41, 5.74) is 0.403. The van der Waals surface area contributed by atoms with Crippen molar-refractivity contribution >= 4 is 27.9 Å². The summed E-state index contributed by atoms with van der Waals surface area (Å²) in [7, 11) is 0. The molecule has 20 heavy (non-hydrogen) atoms. The summed E-state index contributed by atoms with van der Waals surface area (Å²) < 4.78 is 7.79. The molecule has 0 aromatic carbocycles. The largest absolute Gasteiger partial charge is 0.458 e. The van der Waals surface area contributed by atoms with Crippen molar-refractivity contribution in [2.24, 2.45) is 0 Å². The fourth-order valence-electron chi connectivity index (χ4n) is 2.19. The van der Waals surface area contributed by atoms with E-state index in [1.807, 2.05) is 26.8 Å².